The lowest BCUT2D eigenvalue weighted by molar-refractivity contribution is -0.385. The second kappa shape index (κ2) is 2.09. The predicted octanol–water partition coefficient (Wildman–Crippen LogP) is 0.637. The van der Waals surface area contributed by atoms with Crippen LogP contribution < -0.4 is 0 Å². The van der Waals surface area contributed by atoms with Crippen LogP contribution >= 0.6 is 0 Å². The van der Waals surface area contributed by atoms with Gasteiger partial charge < -0.3 is 0 Å². The number of hydrogen-bond donors (Lipinski definition) is 0. The quantitative estimate of drug-likeness (QED) is 0.425. The maximum atomic E-state index is 10.2. The topological polar surface area (TPSA) is 61.0 Å². The molecule has 54 valence electrons. The average Bonchev–Trinajstić information content (AvgIpc) is 2.14. The summed E-state index contributed by atoms with van der Waals surface area (Å²) < 4.78 is 1.47. The molecule has 0 aliphatic carbocycles. The molecular weight excluding hydrogens is 134 g/mol. The van der Waals surface area contributed by atoms with Crippen LogP contribution in [0, 0.1) is 17.0 Å². The van der Waals surface area contributed by atoms with Crippen molar-refractivity contribution in [2.75, 3.05) is 0 Å². The van der Waals surface area contributed by atoms with Crippen LogP contribution in [0.3, 0.4) is 0 Å². The van der Waals surface area contributed by atoms with Crippen molar-refractivity contribution in [3.05, 3.63) is 22.0 Å². The fourth-order valence-electron chi connectivity index (χ4n) is 0.666. The zero-order chi connectivity index (χ0) is 7.72. The Morgan fingerprint density at radius 1 is 1.80 bits per heavy atom. The molecular formula is C5H7N3O2. The first kappa shape index (κ1) is 6.73. The first-order valence-corrected chi connectivity index (χ1v) is 2.76. The number of hydrogen-bond acceptors (Lipinski definition) is 3. The summed E-state index contributed by atoms with van der Waals surface area (Å²) in [4.78, 5) is 9.75. The van der Waals surface area contributed by atoms with E-state index in [4.69, 9.17) is 0 Å². The minimum Gasteiger partial charge on any atom is -0.266 e. The molecule has 0 N–H and O–H groups in total. The zero-order valence-corrected chi connectivity index (χ0v) is 5.74. The van der Waals surface area contributed by atoms with Crippen molar-refractivity contribution in [1.29, 1.82) is 0 Å². The van der Waals surface area contributed by atoms with E-state index in [2.05, 4.69) is 5.10 Å². The molecule has 0 aliphatic rings. The van der Waals surface area contributed by atoms with Crippen molar-refractivity contribution < 1.29 is 4.92 Å². The molecule has 1 rings (SSSR count). The van der Waals surface area contributed by atoms with Gasteiger partial charge >= 0.3 is 5.69 Å². The van der Waals surface area contributed by atoms with Crippen molar-refractivity contribution in [2.45, 2.75) is 6.92 Å². The van der Waals surface area contributed by atoms with Gasteiger partial charge in [-0.05, 0) is 6.92 Å². The summed E-state index contributed by atoms with van der Waals surface area (Å²) in [5.41, 5.74) is 0.646. The molecule has 1 heterocycles. The highest BCUT2D eigenvalue weighted by atomic mass is 16.6. The SMILES string of the molecule is Cc1c([N+](=O)[O-])cnn1C. The Balaban J connectivity index is 3.17. The van der Waals surface area contributed by atoms with Crippen LogP contribution in [0.2, 0.25) is 0 Å². The molecule has 0 radical (unpaired) electrons. The van der Waals surface area contributed by atoms with Gasteiger partial charge in [-0.2, -0.15) is 5.10 Å². The van der Waals surface area contributed by atoms with Crippen LogP contribution in [0.25, 0.3) is 0 Å². The average molecular weight is 141 g/mol. The van der Waals surface area contributed by atoms with Gasteiger partial charge in [-0.1, -0.05) is 0 Å². The van der Waals surface area contributed by atoms with Gasteiger partial charge in [0.15, 0.2) is 0 Å². The molecule has 0 unspecified atom stereocenters. The number of rotatable bonds is 1. The first-order valence-electron chi connectivity index (χ1n) is 2.76. The molecule has 0 saturated heterocycles. The van der Waals surface area contributed by atoms with Crippen molar-refractivity contribution in [1.82, 2.24) is 9.78 Å². The van der Waals surface area contributed by atoms with E-state index in [-0.39, 0.29) is 5.69 Å². The van der Waals surface area contributed by atoms with Crippen LogP contribution in [0.15, 0.2) is 6.20 Å². The summed E-state index contributed by atoms with van der Waals surface area (Å²) in [6, 6.07) is 0. The lowest BCUT2D eigenvalue weighted by atomic mass is 10.4. The first-order chi connectivity index (χ1) is 4.63. The predicted molar refractivity (Wildman–Crippen MR) is 34.6 cm³/mol. The van der Waals surface area contributed by atoms with E-state index in [1.807, 2.05) is 0 Å². The Labute approximate surface area is 57.4 Å². The van der Waals surface area contributed by atoms with E-state index in [9.17, 15) is 10.1 Å². The van der Waals surface area contributed by atoms with Crippen LogP contribution in [-0.4, -0.2) is 14.7 Å². The number of nitrogens with zero attached hydrogens (tertiary/aromatic N) is 3. The zero-order valence-electron chi connectivity index (χ0n) is 5.74. The third-order valence-corrected chi connectivity index (χ3v) is 1.41. The van der Waals surface area contributed by atoms with Crippen LogP contribution in [0.5, 0.6) is 0 Å². The highest BCUT2D eigenvalue weighted by Crippen LogP contribution is 2.13. The van der Waals surface area contributed by atoms with Gasteiger partial charge in [-0.25, -0.2) is 0 Å². The molecule has 1 aromatic rings. The molecule has 5 nitrogen and oxygen atoms in total. The Morgan fingerprint density at radius 2 is 2.40 bits per heavy atom. The normalized spacial score (nSPS) is 9.80. The largest absolute Gasteiger partial charge is 0.309 e. The Kier molecular flexibility index (Phi) is 1.41. The Morgan fingerprint density at radius 3 is 2.60 bits per heavy atom. The van der Waals surface area contributed by atoms with E-state index < -0.39 is 4.92 Å². The molecule has 0 aliphatic heterocycles. The van der Waals surface area contributed by atoms with Crippen molar-refractivity contribution in [3.8, 4) is 0 Å². The number of aryl methyl sites for hydroxylation is 1. The maximum Gasteiger partial charge on any atom is 0.309 e. The van der Waals surface area contributed by atoms with Gasteiger partial charge in [0.2, 0.25) is 0 Å². The number of nitro groups is 1. The van der Waals surface area contributed by atoms with Gasteiger partial charge in [-0.3, -0.25) is 14.8 Å². The van der Waals surface area contributed by atoms with Crippen LogP contribution in [0.4, 0.5) is 5.69 Å². The summed E-state index contributed by atoms with van der Waals surface area (Å²) in [5.74, 6) is 0. The Hall–Kier alpha value is -1.39. The third-order valence-electron chi connectivity index (χ3n) is 1.41. The van der Waals surface area contributed by atoms with E-state index in [0.717, 1.165) is 0 Å². The summed E-state index contributed by atoms with van der Waals surface area (Å²) in [6.45, 7) is 1.66. The highest BCUT2D eigenvalue weighted by molar-refractivity contribution is 5.31. The fraction of sp³-hybridized carbons (Fsp3) is 0.400. The molecule has 10 heavy (non-hydrogen) atoms. The molecule has 0 fully saturated rings. The molecule has 0 bridgehead atoms. The third kappa shape index (κ3) is 0.854. The molecule has 0 saturated carbocycles. The van der Waals surface area contributed by atoms with Gasteiger partial charge in [-0.15, -0.1) is 0 Å². The van der Waals surface area contributed by atoms with Gasteiger partial charge in [0.05, 0.1) is 4.92 Å². The van der Waals surface area contributed by atoms with Crippen LogP contribution in [0.1, 0.15) is 5.69 Å². The molecule has 1 aromatic heterocycles. The minimum atomic E-state index is -0.442. The summed E-state index contributed by atoms with van der Waals surface area (Å²) in [7, 11) is 1.67. The van der Waals surface area contributed by atoms with E-state index in [0.29, 0.717) is 5.69 Å². The number of aromatic nitrogens is 2. The van der Waals surface area contributed by atoms with Crippen molar-refractivity contribution in [2.24, 2.45) is 7.05 Å². The van der Waals surface area contributed by atoms with Gasteiger partial charge in [0, 0.05) is 7.05 Å². The Bertz CT molecular complexity index is 266. The minimum absolute atomic E-state index is 0.0718. The van der Waals surface area contributed by atoms with Crippen molar-refractivity contribution in [3.63, 3.8) is 0 Å². The maximum absolute atomic E-state index is 10.2. The smallest absolute Gasteiger partial charge is 0.266 e. The van der Waals surface area contributed by atoms with Gasteiger partial charge in [0.1, 0.15) is 11.9 Å². The molecule has 5 heteroatoms. The van der Waals surface area contributed by atoms with Gasteiger partial charge in [0.25, 0.3) is 0 Å². The molecule has 0 amide bonds. The van der Waals surface area contributed by atoms with Crippen LogP contribution in [-0.2, 0) is 7.05 Å². The molecule has 0 spiro atoms. The van der Waals surface area contributed by atoms with E-state index in [1.54, 1.807) is 14.0 Å². The summed E-state index contributed by atoms with van der Waals surface area (Å²) in [6.07, 6.45) is 1.25. The summed E-state index contributed by atoms with van der Waals surface area (Å²) in [5, 5.41) is 13.9. The van der Waals surface area contributed by atoms with Crippen molar-refractivity contribution >= 4 is 5.69 Å². The fourth-order valence-corrected chi connectivity index (χ4v) is 0.666. The summed E-state index contributed by atoms with van der Waals surface area (Å²) >= 11 is 0. The second-order valence-electron chi connectivity index (χ2n) is 2.00. The van der Waals surface area contributed by atoms with E-state index in [1.165, 1.54) is 10.9 Å². The lowest BCUT2D eigenvalue weighted by Crippen LogP contribution is -1.94. The lowest BCUT2D eigenvalue weighted by Gasteiger charge is -1.89. The highest BCUT2D eigenvalue weighted by Gasteiger charge is 2.13. The van der Waals surface area contributed by atoms with E-state index >= 15 is 0 Å². The molecule has 0 atom stereocenters. The molecule has 0 aromatic carbocycles. The monoisotopic (exact) mass is 141 g/mol. The second-order valence-corrected chi connectivity index (χ2v) is 2.00. The standard InChI is InChI=1S/C5H7N3O2/c1-4-5(8(9)10)3-6-7(4)2/h3H,1-2H3.